The van der Waals surface area contributed by atoms with Gasteiger partial charge < -0.3 is 5.32 Å². The number of fused-ring (bicyclic) bond motifs is 2. The molecule has 0 aromatic heterocycles. The predicted molar refractivity (Wildman–Crippen MR) is 63.3 cm³/mol. The molecular weight excluding hydrogens is 226 g/mol. The zero-order valence-electron chi connectivity index (χ0n) is 9.94. The van der Waals surface area contributed by atoms with Gasteiger partial charge in [-0.1, -0.05) is 0 Å². The van der Waals surface area contributed by atoms with E-state index in [4.69, 9.17) is 0 Å². The maximum atomic E-state index is 12.0. The maximum Gasteiger partial charge on any atom is 0.279 e. The normalized spacial score (nSPS) is 31.9. The van der Waals surface area contributed by atoms with Gasteiger partial charge in [-0.2, -0.15) is 17.4 Å². The van der Waals surface area contributed by atoms with E-state index in [9.17, 15) is 8.42 Å². The monoisotopic (exact) mass is 247 g/mol. The first-order chi connectivity index (χ1) is 7.47. The molecule has 2 fully saturated rings. The Labute approximate surface area is 97.8 Å². The molecule has 2 heterocycles. The largest absolute Gasteiger partial charge is 0.310 e. The highest BCUT2D eigenvalue weighted by Crippen LogP contribution is 2.21. The van der Waals surface area contributed by atoms with Gasteiger partial charge in [0.1, 0.15) is 0 Å². The zero-order valence-corrected chi connectivity index (χ0v) is 10.8. The van der Waals surface area contributed by atoms with Gasteiger partial charge >= 0.3 is 0 Å². The van der Waals surface area contributed by atoms with E-state index in [1.807, 2.05) is 13.8 Å². The van der Waals surface area contributed by atoms with Crippen LogP contribution in [-0.2, 0) is 10.2 Å². The molecule has 5 nitrogen and oxygen atoms in total. The lowest BCUT2D eigenvalue weighted by Gasteiger charge is -2.24. The van der Waals surface area contributed by atoms with E-state index in [0.717, 1.165) is 12.8 Å². The molecule has 0 spiro atoms. The van der Waals surface area contributed by atoms with Gasteiger partial charge in [-0.05, 0) is 33.1 Å². The van der Waals surface area contributed by atoms with Crippen molar-refractivity contribution in [3.63, 3.8) is 0 Å². The van der Waals surface area contributed by atoms with Crippen LogP contribution in [0.2, 0.25) is 0 Å². The third-order valence-electron chi connectivity index (χ3n) is 3.21. The quantitative estimate of drug-likeness (QED) is 0.741. The lowest BCUT2D eigenvalue weighted by Crippen LogP contribution is -2.47. The summed E-state index contributed by atoms with van der Waals surface area (Å²) in [6, 6.07) is 0.818. The molecule has 2 N–H and O–H groups in total. The van der Waals surface area contributed by atoms with Crippen LogP contribution in [0.15, 0.2) is 0 Å². The first kappa shape index (κ1) is 12.3. The van der Waals surface area contributed by atoms with Crippen molar-refractivity contribution in [1.82, 2.24) is 14.3 Å². The summed E-state index contributed by atoms with van der Waals surface area (Å²) in [5.41, 5.74) is 0. The second-order valence-electron chi connectivity index (χ2n) is 5.06. The molecule has 0 saturated carbocycles. The number of hydrogen-bond acceptors (Lipinski definition) is 3. The van der Waals surface area contributed by atoms with Crippen LogP contribution >= 0.6 is 0 Å². The first-order valence-corrected chi connectivity index (χ1v) is 7.45. The topological polar surface area (TPSA) is 61.4 Å². The molecule has 94 valence electrons. The van der Waals surface area contributed by atoms with E-state index < -0.39 is 10.2 Å². The first-order valence-electron chi connectivity index (χ1n) is 6.01. The molecule has 0 unspecified atom stereocenters. The summed E-state index contributed by atoms with van der Waals surface area (Å²) in [5.74, 6) is 0. The molecular formula is C10H21N3O2S. The van der Waals surface area contributed by atoms with Gasteiger partial charge in [0.15, 0.2) is 0 Å². The molecule has 0 radical (unpaired) electrons. The number of nitrogens with one attached hydrogen (secondary N) is 2. The molecule has 16 heavy (non-hydrogen) atoms. The number of nitrogens with zero attached hydrogens (tertiary/aromatic N) is 1. The van der Waals surface area contributed by atoms with Crippen LogP contribution in [0.4, 0.5) is 0 Å². The summed E-state index contributed by atoms with van der Waals surface area (Å²) < 4.78 is 28.3. The van der Waals surface area contributed by atoms with Crippen molar-refractivity contribution < 1.29 is 8.42 Å². The van der Waals surface area contributed by atoms with Gasteiger partial charge in [-0.15, -0.1) is 0 Å². The number of rotatable bonds is 3. The third-order valence-corrected chi connectivity index (χ3v) is 4.99. The Kier molecular flexibility index (Phi) is 3.53. The summed E-state index contributed by atoms with van der Waals surface area (Å²) in [6.07, 6.45) is 3.21. The van der Waals surface area contributed by atoms with E-state index in [0.29, 0.717) is 25.2 Å². The average Bonchev–Trinajstić information content (AvgIpc) is 2.42. The van der Waals surface area contributed by atoms with Crippen molar-refractivity contribution in [3.05, 3.63) is 0 Å². The van der Waals surface area contributed by atoms with Crippen molar-refractivity contribution in [2.45, 2.75) is 51.2 Å². The van der Waals surface area contributed by atoms with Gasteiger partial charge in [0.2, 0.25) is 0 Å². The fourth-order valence-corrected chi connectivity index (χ4v) is 3.97. The van der Waals surface area contributed by atoms with Crippen molar-refractivity contribution >= 4 is 10.2 Å². The second kappa shape index (κ2) is 4.60. The highest BCUT2D eigenvalue weighted by Gasteiger charge is 2.34. The predicted octanol–water partition coefficient (Wildman–Crippen LogP) is 0.0555. The van der Waals surface area contributed by atoms with Crippen LogP contribution in [0.5, 0.6) is 0 Å². The fraction of sp³-hybridized carbons (Fsp3) is 1.00. The van der Waals surface area contributed by atoms with E-state index in [-0.39, 0.29) is 6.04 Å². The zero-order chi connectivity index (χ0) is 11.8. The summed E-state index contributed by atoms with van der Waals surface area (Å²) in [6.45, 7) is 4.94. The molecule has 6 heteroatoms. The van der Waals surface area contributed by atoms with Gasteiger partial charge in [-0.25, -0.2) is 0 Å². The van der Waals surface area contributed by atoms with Gasteiger partial charge in [-0.3, -0.25) is 0 Å². The standard InChI is InChI=1S/C10H21N3O2S/c1-8(2)12-16(14,15)13-6-5-9-3-4-10(7-13)11-9/h8-12H,3-7H2,1-2H3/t9-,10+/m1/s1. The van der Waals surface area contributed by atoms with Crippen molar-refractivity contribution in [1.29, 1.82) is 0 Å². The lowest BCUT2D eigenvalue weighted by molar-refractivity contribution is 0.374. The fourth-order valence-electron chi connectivity index (χ4n) is 2.50. The Hall–Kier alpha value is -0.170. The Bertz CT molecular complexity index is 342. The van der Waals surface area contributed by atoms with Crippen molar-refractivity contribution in [2.75, 3.05) is 13.1 Å². The molecule has 2 atom stereocenters. The van der Waals surface area contributed by atoms with Crippen LogP contribution in [0.25, 0.3) is 0 Å². The summed E-state index contributed by atoms with van der Waals surface area (Å²) >= 11 is 0. The lowest BCUT2D eigenvalue weighted by atomic mass is 10.1. The van der Waals surface area contributed by atoms with Crippen molar-refractivity contribution in [2.24, 2.45) is 0 Å². The molecule has 0 amide bonds. The van der Waals surface area contributed by atoms with Crippen LogP contribution < -0.4 is 10.0 Å². The highest BCUT2D eigenvalue weighted by molar-refractivity contribution is 7.87. The Balaban J connectivity index is 2.04. The molecule has 0 aliphatic carbocycles. The molecule has 2 bridgehead atoms. The van der Waals surface area contributed by atoms with Crippen molar-refractivity contribution in [3.8, 4) is 0 Å². The Morgan fingerprint density at radius 2 is 1.94 bits per heavy atom. The maximum absolute atomic E-state index is 12.0. The SMILES string of the molecule is CC(C)NS(=O)(=O)N1CC[C@H]2CC[C@@H](C1)N2. The van der Waals surface area contributed by atoms with E-state index in [1.54, 1.807) is 4.31 Å². The van der Waals surface area contributed by atoms with E-state index in [2.05, 4.69) is 10.0 Å². The Morgan fingerprint density at radius 1 is 1.25 bits per heavy atom. The Morgan fingerprint density at radius 3 is 2.62 bits per heavy atom. The smallest absolute Gasteiger partial charge is 0.279 e. The molecule has 2 aliphatic heterocycles. The van der Waals surface area contributed by atoms with Crippen LogP contribution in [-0.4, -0.2) is 43.9 Å². The van der Waals surface area contributed by atoms with Gasteiger partial charge in [0, 0.05) is 31.2 Å². The molecule has 0 aromatic rings. The highest BCUT2D eigenvalue weighted by atomic mass is 32.2. The minimum absolute atomic E-state index is 0.0431. The van der Waals surface area contributed by atoms with Crippen LogP contribution in [0.3, 0.4) is 0 Å². The minimum atomic E-state index is -3.29. The number of hydrogen-bond donors (Lipinski definition) is 2. The molecule has 0 aromatic carbocycles. The third kappa shape index (κ3) is 2.74. The summed E-state index contributed by atoms with van der Waals surface area (Å²) in [5, 5.41) is 3.47. The van der Waals surface area contributed by atoms with Gasteiger partial charge in [0.05, 0.1) is 0 Å². The molecule has 2 saturated heterocycles. The minimum Gasteiger partial charge on any atom is -0.310 e. The van der Waals surface area contributed by atoms with Crippen LogP contribution in [0.1, 0.15) is 33.1 Å². The van der Waals surface area contributed by atoms with E-state index >= 15 is 0 Å². The van der Waals surface area contributed by atoms with E-state index in [1.165, 1.54) is 6.42 Å². The summed E-state index contributed by atoms with van der Waals surface area (Å²) in [7, 11) is -3.29. The second-order valence-corrected chi connectivity index (χ2v) is 6.76. The average molecular weight is 247 g/mol. The van der Waals surface area contributed by atoms with Crippen LogP contribution in [0, 0.1) is 0 Å². The molecule has 2 aliphatic rings. The molecule has 2 rings (SSSR count). The van der Waals surface area contributed by atoms with Gasteiger partial charge in [0.25, 0.3) is 10.2 Å². The summed E-state index contributed by atoms with van der Waals surface area (Å²) in [4.78, 5) is 0.